The van der Waals surface area contributed by atoms with Crippen molar-refractivity contribution in [3.8, 4) is 0 Å². The van der Waals surface area contributed by atoms with E-state index < -0.39 is 0 Å². The standard InChI is InChI=1S/C9H12O/c1-4-6-8-9(10-3)7-5-2/h4-8H,1-2H2,3H3/b8-6-,9-7+. The Bertz CT molecular complexity index is 164. The molecule has 10 heavy (non-hydrogen) atoms. The van der Waals surface area contributed by atoms with Crippen LogP contribution in [-0.4, -0.2) is 7.11 Å². The van der Waals surface area contributed by atoms with E-state index >= 15 is 0 Å². The molecule has 0 rings (SSSR count). The van der Waals surface area contributed by atoms with Crippen molar-refractivity contribution in [2.75, 3.05) is 7.11 Å². The molecule has 0 aromatic carbocycles. The van der Waals surface area contributed by atoms with Crippen LogP contribution in [0.5, 0.6) is 0 Å². The van der Waals surface area contributed by atoms with Crippen molar-refractivity contribution in [3.63, 3.8) is 0 Å². The van der Waals surface area contributed by atoms with Gasteiger partial charge < -0.3 is 4.74 Å². The van der Waals surface area contributed by atoms with E-state index in [1.165, 1.54) is 0 Å². The average Bonchev–Trinajstić information content (AvgIpc) is 1.98. The van der Waals surface area contributed by atoms with Gasteiger partial charge in [-0.2, -0.15) is 0 Å². The van der Waals surface area contributed by atoms with Crippen LogP contribution in [0.3, 0.4) is 0 Å². The number of rotatable bonds is 4. The van der Waals surface area contributed by atoms with Crippen molar-refractivity contribution < 1.29 is 4.74 Å². The highest BCUT2D eigenvalue weighted by Gasteiger charge is 1.81. The summed E-state index contributed by atoms with van der Waals surface area (Å²) in [6.07, 6.45) is 8.76. The van der Waals surface area contributed by atoms with Crippen LogP contribution >= 0.6 is 0 Å². The summed E-state index contributed by atoms with van der Waals surface area (Å²) in [6.45, 7) is 7.07. The number of hydrogen-bond donors (Lipinski definition) is 0. The monoisotopic (exact) mass is 136 g/mol. The maximum atomic E-state index is 4.95. The molecule has 54 valence electrons. The lowest BCUT2D eigenvalue weighted by Gasteiger charge is -1.95. The Kier molecular flexibility index (Phi) is 5.16. The number of hydrogen-bond acceptors (Lipinski definition) is 1. The minimum absolute atomic E-state index is 0.773. The van der Waals surface area contributed by atoms with Crippen LogP contribution in [0.2, 0.25) is 0 Å². The molecule has 0 amide bonds. The van der Waals surface area contributed by atoms with E-state index in [1.807, 2.05) is 6.08 Å². The fraction of sp³-hybridized carbons (Fsp3) is 0.111. The van der Waals surface area contributed by atoms with E-state index in [2.05, 4.69) is 13.2 Å². The lowest BCUT2D eigenvalue weighted by atomic mass is 10.4. The topological polar surface area (TPSA) is 9.23 Å². The molecular formula is C9H12O. The summed E-state index contributed by atoms with van der Waals surface area (Å²) in [7, 11) is 1.61. The van der Waals surface area contributed by atoms with Crippen LogP contribution in [-0.2, 0) is 4.74 Å². The van der Waals surface area contributed by atoms with Gasteiger partial charge in [-0.25, -0.2) is 0 Å². The third kappa shape index (κ3) is 3.72. The second-order valence-electron chi connectivity index (χ2n) is 1.60. The molecule has 0 saturated heterocycles. The number of allylic oxidation sites excluding steroid dienone is 5. The van der Waals surface area contributed by atoms with E-state index in [0.29, 0.717) is 0 Å². The van der Waals surface area contributed by atoms with E-state index in [-0.39, 0.29) is 0 Å². The SMILES string of the molecule is C=C/C=C\C(=C/C=C)OC. The zero-order valence-corrected chi connectivity index (χ0v) is 6.21. The zero-order chi connectivity index (χ0) is 7.82. The summed E-state index contributed by atoms with van der Waals surface area (Å²) in [5.74, 6) is 0.773. The Morgan fingerprint density at radius 2 is 2.00 bits per heavy atom. The molecule has 0 fully saturated rings. The van der Waals surface area contributed by atoms with Crippen LogP contribution in [0, 0.1) is 0 Å². The third-order valence-electron chi connectivity index (χ3n) is 0.914. The first-order valence-corrected chi connectivity index (χ1v) is 3.01. The minimum atomic E-state index is 0.773. The summed E-state index contributed by atoms with van der Waals surface area (Å²) in [5.41, 5.74) is 0. The second kappa shape index (κ2) is 5.89. The highest BCUT2D eigenvalue weighted by molar-refractivity contribution is 5.19. The van der Waals surface area contributed by atoms with Gasteiger partial charge in [-0.15, -0.1) is 0 Å². The molecular weight excluding hydrogens is 124 g/mol. The van der Waals surface area contributed by atoms with Gasteiger partial charge in [0, 0.05) is 0 Å². The lowest BCUT2D eigenvalue weighted by molar-refractivity contribution is 0.307. The first kappa shape index (κ1) is 8.76. The number of ether oxygens (including phenoxy) is 1. The van der Waals surface area contributed by atoms with Crippen LogP contribution in [0.25, 0.3) is 0 Å². The molecule has 1 nitrogen and oxygen atoms in total. The summed E-state index contributed by atoms with van der Waals surface area (Å²) in [6, 6.07) is 0. The smallest absolute Gasteiger partial charge is 0.118 e. The molecule has 0 saturated carbocycles. The van der Waals surface area contributed by atoms with E-state index in [9.17, 15) is 0 Å². The van der Waals surface area contributed by atoms with Crippen LogP contribution in [0.1, 0.15) is 0 Å². The van der Waals surface area contributed by atoms with Gasteiger partial charge in [-0.05, 0) is 12.2 Å². The van der Waals surface area contributed by atoms with Crippen LogP contribution in [0.4, 0.5) is 0 Å². The fourth-order valence-electron chi connectivity index (χ4n) is 0.471. The summed E-state index contributed by atoms with van der Waals surface area (Å²) in [5, 5.41) is 0. The molecule has 0 aromatic heterocycles. The highest BCUT2D eigenvalue weighted by atomic mass is 16.5. The van der Waals surface area contributed by atoms with Gasteiger partial charge in [0.25, 0.3) is 0 Å². The van der Waals surface area contributed by atoms with E-state index in [1.54, 1.807) is 31.4 Å². The Morgan fingerprint density at radius 1 is 1.30 bits per heavy atom. The molecule has 0 unspecified atom stereocenters. The molecule has 0 radical (unpaired) electrons. The molecule has 1 heteroatoms. The van der Waals surface area contributed by atoms with Crippen LogP contribution in [0.15, 0.2) is 49.3 Å². The molecule has 0 spiro atoms. The van der Waals surface area contributed by atoms with Crippen LogP contribution < -0.4 is 0 Å². The molecule has 0 aliphatic heterocycles. The van der Waals surface area contributed by atoms with Crippen molar-refractivity contribution in [2.24, 2.45) is 0 Å². The normalized spacial score (nSPS) is 11.5. The maximum absolute atomic E-state index is 4.95. The second-order valence-corrected chi connectivity index (χ2v) is 1.60. The zero-order valence-electron chi connectivity index (χ0n) is 6.21. The maximum Gasteiger partial charge on any atom is 0.118 e. The molecule has 0 aliphatic carbocycles. The van der Waals surface area contributed by atoms with Gasteiger partial charge in [0.15, 0.2) is 0 Å². The number of methoxy groups -OCH3 is 1. The Morgan fingerprint density at radius 3 is 2.40 bits per heavy atom. The van der Waals surface area contributed by atoms with E-state index in [0.717, 1.165) is 5.76 Å². The molecule has 0 atom stereocenters. The molecule has 0 N–H and O–H groups in total. The molecule has 0 heterocycles. The molecule has 0 aliphatic rings. The third-order valence-corrected chi connectivity index (χ3v) is 0.914. The quantitative estimate of drug-likeness (QED) is 0.426. The van der Waals surface area contributed by atoms with Gasteiger partial charge in [-0.3, -0.25) is 0 Å². The minimum Gasteiger partial charge on any atom is -0.497 e. The average molecular weight is 136 g/mol. The van der Waals surface area contributed by atoms with Gasteiger partial charge >= 0.3 is 0 Å². The fourth-order valence-corrected chi connectivity index (χ4v) is 0.471. The first-order valence-electron chi connectivity index (χ1n) is 3.01. The Labute approximate surface area is 62.0 Å². The first-order chi connectivity index (χ1) is 4.85. The summed E-state index contributed by atoms with van der Waals surface area (Å²) < 4.78 is 4.95. The summed E-state index contributed by atoms with van der Waals surface area (Å²) >= 11 is 0. The predicted molar refractivity (Wildman–Crippen MR) is 44.6 cm³/mol. The molecule has 0 aromatic rings. The van der Waals surface area contributed by atoms with Gasteiger partial charge in [0.1, 0.15) is 5.76 Å². The predicted octanol–water partition coefficient (Wildman–Crippen LogP) is 2.44. The lowest BCUT2D eigenvalue weighted by Crippen LogP contribution is -1.78. The van der Waals surface area contributed by atoms with Gasteiger partial charge in [-0.1, -0.05) is 31.4 Å². The van der Waals surface area contributed by atoms with E-state index in [4.69, 9.17) is 4.74 Å². The van der Waals surface area contributed by atoms with Crippen molar-refractivity contribution in [1.29, 1.82) is 0 Å². The molecule has 0 bridgehead atoms. The Balaban J connectivity index is 4.06. The van der Waals surface area contributed by atoms with Gasteiger partial charge in [0.2, 0.25) is 0 Å². The highest BCUT2D eigenvalue weighted by Crippen LogP contribution is 1.96. The largest absolute Gasteiger partial charge is 0.497 e. The van der Waals surface area contributed by atoms with Crippen molar-refractivity contribution >= 4 is 0 Å². The van der Waals surface area contributed by atoms with Gasteiger partial charge in [0.05, 0.1) is 7.11 Å². The van der Waals surface area contributed by atoms with Crippen molar-refractivity contribution in [2.45, 2.75) is 0 Å². The van der Waals surface area contributed by atoms with Crippen molar-refractivity contribution in [3.05, 3.63) is 49.3 Å². The van der Waals surface area contributed by atoms with Crippen molar-refractivity contribution in [1.82, 2.24) is 0 Å². The Hall–Kier alpha value is -1.24. The summed E-state index contributed by atoms with van der Waals surface area (Å²) in [4.78, 5) is 0.